The third kappa shape index (κ3) is 1.96. The zero-order valence-corrected chi connectivity index (χ0v) is 8.07. The molecule has 2 rings (SSSR count). The quantitative estimate of drug-likeness (QED) is 0.790. The number of hydrogen-bond donors (Lipinski definition) is 1. The van der Waals surface area contributed by atoms with E-state index in [9.17, 15) is 0 Å². The van der Waals surface area contributed by atoms with Gasteiger partial charge in [-0.05, 0) is 29.7 Å². The minimum absolute atomic E-state index is 0.213. The van der Waals surface area contributed by atoms with Gasteiger partial charge in [-0.3, -0.25) is 0 Å². The van der Waals surface area contributed by atoms with Crippen LogP contribution in [0.5, 0.6) is 5.75 Å². The van der Waals surface area contributed by atoms with Gasteiger partial charge in [-0.2, -0.15) is 0 Å². The molecule has 1 aromatic rings. The summed E-state index contributed by atoms with van der Waals surface area (Å²) < 4.78 is 5.41. The van der Waals surface area contributed by atoms with Crippen LogP contribution in [0.4, 0.5) is 0 Å². The average molecular weight is 190 g/mol. The summed E-state index contributed by atoms with van der Waals surface area (Å²) in [6.45, 7) is 1.02. The monoisotopic (exact) mass is 190 g/mol. The van der Waals surface area contributed by atoms with Crippen molar-refractivity contribution in [3.8, 4) is 5.75 Å². The Bertz CT molecular complexity index is 342. The Labute approximate surface area is 83.8 Å². The normalized spacial score (nSPS) is 14.4. The largest absolute Gasteiger partial charge is 0.493 e. The van der Waals surface area contributed by atoms with Gasteiger partial charge in [0.1, 0.15) is 5.75 Å². The van der Waals surface area contributed by atoms with Crippen LogP contribution in [0.1, 0.15) is 17.5 Å². The van der Waals surface area contributed by atoms with E-state index in [0.717, 1.165) is 18.8 Å². The number of rotatable bonds is 3. The van der Waals surface area contributed by atoms with Crippen molar-refractivity contribution in [3.63, 3.8) is 0 Å². The van der Waals surface area contributed by atoms with E-state index in [-0.39, 0.29) is 6.61 Å². The van der Waals surface area contributed by atoms with Crippen molar-refractivity contribution in [2.24, 2.45) is 0 Å². The molecule has 0 amide bonds. The average Bonchev–Trinajstić information content (AvgIpc) is 2.65. The van der Waals surface area contributed by atoms with E-state index in [1.807, 2.05) is 24.3 Å². The molecule has 0 atom stereocenters. The molecular weight excluding hydrogens is 176 g/mol. The molecule has 1 aromatic carbocycles. The van der Waals surface area contributed by atoms with Crippen LogP contribution >= 0.6 is 0 Å². The van der Waals surface area contributed by atoms with Crippen LogP contribution in [0.25, 0.3) is 6.08 Å². The summed E-state index contributed by atoms with van der Waals surface area (Å²) in [7, 11) is 0. The van der Waals surface area contributed by atoms with Crippen molar-refractivity contribution < 1.29 is 9.84 Å². The number of ether oxygens (including phenoxy) is 1. The van der Waals surface area contributed by atoms with E-state index in [1.54, 1.807) is 0 Å². The Morgan fingerprint density at radius 3 is 3.21 bits per heavy atom. The number of benzene rings is 1. The molecule has 1 aliphatic rings. The van der Waals surface area contributed by atoms with E-state index < -0.39 is 0 Å². The second-order valence-electron chi connectivity index (χ2n) is 3.38. The minimum atomic E-state index is 0.213. The summed E-state index contributed by atoms with van der Waals surface area (Å²) in [5.41, 5.74) is 2.47. The molecular formula is C12H14O2. The smallest absolute Gasteiger partial charge is 0.122 e. The zero-order chi connectivity index (χ0) is 9.80. The predicted octanol–water partition coefficient (Wildman–Crippen LogP) is 2.02. The first-order valence-electron chi connectivity index (χ1n) is 4.93. The summed E-state index contributed by atoms with van der Waals surface area (Å²) in [6, 6.07) is 6.20. The van der Waals surface area contributed by atoms with Gasteiger partial charge < -0.3 is 9.84 Å². The first kappa shape index (κ1) is 9.28. The number of hydrogen-bond acceptors (Lipinski definition) is 2. The van der Waals surface area contributed by atoms with Crippen LogP contribution in [-0.4, -0.2) is 18.3 Å². The molecule has 14 heavy (non-hydrogen) atoms. The standard InChI is InChI=1S/C12H14O2/c13-7-2-1-3-10-4-5-12-11(9-10)6-8-14-12/h1,3-5,9,13H,2,6-8H2. The Morgan fingerprint density at radius 2 is 2.36 bits per heavy atom. The molecule has 0 aromatic heterocycles. The van der Waals surface area contributed by atoms with Gasteiger partial charge in [-0.1, -0.05) is 18.2 Å². The van der Waals surface area contributed by atoms with Gasteiger partial charge in [0.15, 0.2) is 0 Å². The highest BCUT2D eigenvalue weighted by atomic mass is 16.5. The Morgan fingerprint density at radius 1 is 1.43 bits per heavy atom. The molecule has 2 heteroatoms. The number of aliphatic hydroxyl groups is 1. The first-order chi connectivity index (χ1) is 6.90. The van der Waals surface area contributed by atoms with E-state index in [4.69, 9.17) is 9.84 Å². The fraction of sp³-hybridized carbons (Fsp3) is 0.333. The Balaban J connectivity index is 2.12. The molecule has 0 bridgehead atoms. The number of fused-ring (bicyclic) bond motifs is 1. The van der Waals surface area contributed by atoms with Gasteiger partial charge in [0.2, 0.25) is 0 Å². The van der Waals surface area contributed by atoms with Crippen LogP contribution in [0, 0.1) is 0 Å². The van der Waals surface area contributed by atoms with Crippen molar-refractivity contribution in [2.45, 2.75) is 12.8 Å². The number of aliphatic hydroxyl groups excluding tert-OH is 1. The Kier molecular flexibility index (Phi) is 2.84. The molecule has 0 spiro atoms. The Hall–Kier alpha value is -1.28. The van der Waals surface area contributed by atoms with Crippen LogP contribution < -0.4 is 4.74 Å². The lowest BCUT2D eigenvalue weighted by Gasteiger charge is -1.99. The van der Waals surface area contributed by atoms with Crippen molar-refractivity contribution in [2.75, 3.05) is 13.2 Å². The summed E-state index contributed by atoms with van der Waals surface area (Å²) >= 11 is 0. The van der Waals surface area contributed by atoms with Gasteiger partial charge in [0.05, 0.1) is 6.61 Å². The van der Waals surface area contributed by atoms with E-state index in [2.05, 4.69) is 6.07 Å². The second-order valence-corrected chi connectivity index (χ2v) is 3.38. The maximum Gasteiger partial charge on any atom is 0.122 e. The molecule has 0 aliphatic carbocycles. The fourth-order valence-electron chi connectivity index (χ4n) is 1.60. The minimum Gasteiger partial charge on any atom is -0.493 e. The fourth-order valence-corrected chi connectivity index (χ4v) is 1.60. The lowest BCUT2D eigenvalue weighted by molar-refractivity contribution is 0.303. The topological polar surface area (TPSA) is 29.5 Å². The molecule has 0 fully saturated rings. The molecule has 1 heterocycles. The molecule has 1 aliphatic heterocycles. The van der Waals surface area contributed by atoms with E-state index >= 15 is 0 Å². The third-order valence-corrected chi connectivity index (χ3v) is 2.32. The van der Waals surface area contributed by atoms with Gasteiger partial charge in [0.25, 0.3) is 0 Å². The van der Waals surface area contributed by atoms with E-state index in [0.29, 0.717) is 6.42 Å². The highest BCUT2D eigenvalue weighted by Gasteiger charge is 2.10. The van der Waals surface area contributed by atoms with Crippen LogP contribution in [0.15, 0.2) is 24.3 Å². The SMILES string of the molecule is OCCC=Cc1ccc2c(c1)CCO2. The third-order valence-electron chi connectivity index (χ3n) is 2.32. The van der Waals surface area contributed by atoms with Gasteiger partial charge in [-0.25, -0.2) is 0 Å². The molecule has 74 valence electrons. The van der Waals surface area contributed by atoms with E-state index in [1.165, 1.54) is 11.1 Å². The zero-order valence-electron chi connectivity index (χ0n) is 8.07. The summed E-state index contributed by atoms with van der Waals surface area (Å²) in [4.78, 5) is 0. The molecule has 0 saturated carbocycles. The van der Waals surface area contributed by atoms with Gasteiger partial charge >= 0.3 is 0 Å². The summed E-state index contributed by atoms with van der Waals surface area (Å²) in [5, 5.41) is 8.63. The van der Waals surface area contributed by atoms with Gasteiger partial charge in [0, 0.05) is 13.0 Å². The van der Waals surface area contributed by atoms with Crippen LogP contribution in [0.2, 0.25) is 0 Å². The molecule has 0 radical (unpaired) electrons. The second kappa shape index (κ2) is 4.29. The maximum atomic E-state index is 8.63. The highest BCUT2D eigenvalue weighted by Crippen LogP contribution is 2.26. The van der Waals surface area contributed by atoms with Crippen LogP contribution in [0.3, 0.4) is 0 Å². The van der Waals surface area contributed by atoms with Crippen molar-refractivity contribution in [3.05, 3.63) is 35.4 Å². The van der Waals surface area contributed by atoms with Crippen molar-refractivity contribution in [1.29, 1.82) is 0 Å². The first-order valence-corrected chi connectivity index (χ1v) is 4.93. The lowest BCUT2D eigenvalue weighted by Crippen LogP contribution is -1.85. The highest BCUT2D eigenvalue weighted by molar-refractivity contribution is 5.54. The van der Waals surface area contributed by atoms with Crippen molar-refractivity contribution in [1.82, 2.24) is 0 Å². The molecule has 0 saturated heterocycles. The molecule has 0 unspecified atom stereocenters. The van der Waals surface area contributed by atoms with Crippen molar-refractivity contribution >= 4 is 6.08 Å². The van der Waals surface area contributed by atoms with Crippen LogP contribution in [-0.2, 0) is 6.42 Å². The molecule has 2 nitrogen and oxygen atoms in total. The summed E-state index contributed by atoms with van der Waals surface area (Å²) in [5.74, 6) is 1.02. The lowest BCUT2D eigenvalue weighted by atomic mass is 10.1. The molecule has 1 N–H and O–H groups in total. The van der Waals surface area contributed by atoms with Gasteiger partial charge in [-0.15, -0.1) is 0 Å². The summed E-state index contributed by atoms with van der Waals surface area (Å²) in [6.07, 6.45) is 5.75. The predicted molar refractivity (Wildman–Crippen MR) is 56.4 cm³/mol. The maximum absolute atomic E-state index is 8.63.